The zero-order valence-electron chi connectivity index (χ0n) is 50.9. The van der Waals surface area contributed by atoms with E-state index >= 15 is 0 Å². The van der Waals surface area contributed by atoms with Gasteiger partial charge in [-0.2, -0.15) is 8.78 Å². The van der Waals surface area contributed by atoms with Gasteiger partial charge >= 0.3 is 13.3 Å². The first kappa shape index (κ1) is 67.2. The van der Waals surface area contributed by atoms with Crippen LogP contribution in [0.15, 0.2) is 66.7 Å². The number of carbonyl (C=O) groups excluding carboxylic acids is 10. The summed E-state index contributed by atoms with van der Waals surface area (Å²) in [6.45, 7) is 7.88. The number of hydrogen-bond donors (Lipinski definition) is 7. The van der Waals surface area contributed by atoms with Crippen LogP contribution in [0.5, 0.6) is 0 Å². The van der Waals surface area contributed by atoms with Gasteiger partial charge in [0.25, 0.3) is 24.1 Å². The molecule has 7 heterocycles. The van der Waals surface area contributed by atoms with E-state index in [2.05, 4.69) is 51.8 Å². The molecule has 5 saturated heterocycles. The molecule has 494 valence electrons. The Labute approximate surface area is 531 Å². The number of nitrogens with zero attached hydrogens (tertiary/aromatic N) is 6. The van der Waals surface area contributed by atoms with Gasteiger partial charge in [0, 0.05) is 99.7 Å². The van der Waals surface area contributed by atoms with E-state index in [9.17, 15) is 79.9 Å². The van der Waals surface area contributed by atoms with Gasteiger partial charge in [-0.1, -0.05) is 51.1 Å². The molecule has 1 aromatic heterocycles. The summed E-state index contributed by atoms with van der Waals surface area (Å²) >= 11 is 0.812. The molecule has 0 spiro atoms. The van der Waals surface area contributed by atoms with Crippen molar-refractivity contribution in [2.24, 2.45) is 5.73 Å². The van der Waals surface area contributed by atoms with Crippen molar-refractivity contribution in [1.29, 1.82) is 0 Å². The number of anilines is 1. The number of alkyl halides is 4. The molecule has 0 radical (unpaired) electrons. The highest BCUT2D eigenvalue weighted by Gasteiger charge is 2.51. The Morgan fingerprint density at radius 1 is 0.772 bits per heavy atom. The fourth-order valence-corrected chi connectivity index (χ4v) is 14.7. The van der Waals surface area contributed by atoms with E-state index < -0.39 is 134 Å². The Morgan fingerprint density at radius 2 is 1.45 bits per heavy atom. The summed E-state index contributed by atoms with van der Waals surface area (Å²) in [5.41, 5.74) is 2.71. The topological polar surface area (TPSA) is 322 Å². The van der Waals surface area contributed by atoms with Crippen LogP contribution in [0, 0.1) is 0 Å². The van der Waals surface area contributed by atoms with Crippen LogP contribution in [0.4, 0.5) is 23.2 Å². The normalized spacial score (nSPS) is 22.2. The quantitative estimate of drug-likeness (QED) is 0.0401. The maximum Gasteiger partial charge on any atom is 0.399 e. The van der Waals surface area contributed by atoms with Crippen molar-refractivity contribution in [1.82, 2.24) is 45.8 Å². The molecule has 30 heteroatoms. The van der Waals surface area contributed by atoms with Gasteiger partial charge in [0.2, 0.25) is 41.4 Å². The second-order valence-corrected chi connectivity index (χ2v) is 28.2. The lowest BCUT2D eigenvalue weighted by Gasteiger charge is -2.43. The summed E-state index contributed by atoms with van der Waals surface area (Å²) in [4.78, 5) is 165. The van der Waals surface area contributed by atoms with Crippen molar-refractivity contribution >= 4 is 93.8 Å². The molecule has 24 nitrogen and oxygen atoms in total. The number of nitrogens with one attached hydrogen (secondary N) is 4. The number of fused-ring (bicyclic) bond motifs is 3. The molecule has 8 N–H and O–H groups in total. The summed E-state index contributed by atoms with van der Waals surface area (Å²) in [5, 5.41) is 10.4. The lowest BCUT2D eigenvalue weighted by atomic mass is 9.86. The minimum absolute atomic E-state index is 0.00841. The first-order valence-corrected chi connectivity index (χ1v) is 33.1. The van der Waals surface area contributed by atoms with Gasteiger partial charge in [0.1, 0.15) is 30.2 Å². The predicted octanol–water partition coefficient (Wildman–Crippen LogP) is 3.55. The summed E-state index contributed by atoms with van der Waals surface area (Å²) in [5.74, 6) is -6.86. The van der Waals surface area contributed by atoms with E-state index in [4.69, 9.17) is 5.73 Å². The summed E-state index contributed by atoms with van der Waals surface area (Å²) in [6.07, 6.45) is -1.51. The van der Waals surface area contributed by atoms with Gasteiger partial charge in [-0.3, -0.25) is 72.5 Å². The maximum atomic E-state index is 14.9. The average Bonchev–Trinajstić information content (AvgIpc) is 1.62. The smallest absolute Gasteiger partial charge is 0.371 e. The molecule has 3 aromatic carbocycles. The number of primary amides is 1. The highest BCUT2D eigenvalue weighted by molar-refractivity contribution is 7.52. The standard InChI is InChI=1S/C62H74F4N11O13PS/c1-61(2,3)36-6-4-34(5-7-36)28-44(59(86)75-26-24-74(25-27-75)38-19-22-73(23-20-38)40-9-11-41-42(31-40)58(85)77(57(41)84)47-14-17-52(79)71-55(47)82)69-53(80)43(12-16-51(67)78)68-54(81)46-13-10-39-18-21-72(33-50(63)64)32-45(60(87)76(39)46)70-56(83)49-30-35-29-37(8-15-48(35)92-49)62(65,66)91(88,89)90/h4-9,11,15,29-31,38-39,43-47,50H,10,12-14,16-28,32-33H2,1-3H3,(H2,67,78)(H,68,81)(H,69,80)(H,70,83)(H,71,79,82)(H2,88,89,90)/t39-,43+,44+,45+,46+,47?/m1/s1. The Balaban J connectivity index is 0.809. The van der Waals surface area contributed by atoms with Crippen molar-refractivity contribution in [3.05, 3.63) is 99.4 Å². The van der Waals surface area contributed by atoms with Gasteiger partial charge in [-0.25, -0.2) is 8.78 Å². The molecule has 4 aromatic rings. The van der Waals surface area contributed by atoms with Crippen LogP contribution in [0.1, 0.15) is 126 Å². The number of hydrogen-bond acceptors (Lipinski definition) is 15. The number of thiophene rings is 1. The van der Waals surface area contributed by atoms with Gasteiger partial charge in [-0.05, 0) is 103 Å². The van der Waals surface area contributed by atoms with Crippen molar-refractivity contribution in [2.75, 3.05) is 63.8 Å². The van der Waals surface area contributed by atoms with E-state index in [0.29, 0.717) is 39.3 Å². The Morgan fingerprint density at radius 3 is 2.10 bits per heavy atom. The number of nitrogens with two attached hydrogens (primary N) is 1. The zero-order valence-corrected chi connectivity index (χ0v) is 52.6. The predicted molar refractivity (Wildman–Crippen MR) is 327 cm³/mol. The van der Waals surface area contributed by atoms with E-state index in [-0.39, 0.29) is 95.5 Å². The molecular weight excluding hydrogens is 1250 g/mol. The fraction of sp³-hybridized carbons (Fsp3) is 0.516. The van der Waals surface area contributed by atoms with E-state index in [1.807, 2.05) is 24.3 Å². The SMILES string of the molecule is CC(C)(C)c1ccc(C[C@H](NC(=O)[C@H](CCC(N)=O)NC(=O)[C@@H]2CC[C@@H]3CCN(CC(F)F)C[C@H](NC(=O)c4cc5cc(C(F)(F)P(=O)(O)O)ccc5s4)C(=O)N32)C(=O)N2CCN(C3CCN(c4ccc5c(c4)C(=O)N(C4CCC(=O)NC4=O)C5=O)CC3)CC2)cc1. The number of halogens is 4. The first-order chi connectivity index (χ1) is 43.4. The van der Waals surface area contributed by atoms with Crippen molar-refractivity contribution in [3.63, 3.8) is 0 Å². The molecule has 6 aliphatic heterocycles. The van der Waals surface area contributed by atoms with Crippen molar-refractivity contribution in [3.8, 4) is 0 Å². The first-order valence-electron chi connectivity index (χ1n) is 30.7. The molecule has 6 aliphatic rings. The fourth-order valence-electron chi connectivity index (χ4n) is 13.2. The molecule has 10 amide bonds. The van der Waals surface area contributed by atoms with Gasteiger partial charge < -0.3 is 46.2 Å². The minimum atomic E-state index is -5.94. The molecule has 0 aliphatic carbocycles. The Kier molecular flexibility index (Phi) is 19.8. The monoisotopic (exact) mass is 1320 g/mol. The molecule has 6 atom stereocenters. The number of benzene rings is 3. The number of rotatable bonds is 19. The van der Waals surface area contributed by atoms with Crippen molar-refractivity contribution in [2.45, 2.75) is 145 Å². The third-order valence-electron chi connectivity index (χ3n) is 18.3. The second-order valence-electron chi connectivity index (χ2n) is 25.4. The number of piperidine rings is 2. The molecule has 92 heavy (non-hydrogen) atoms. The molecule has 0 bridgehead atoms. The van der Waals surface area contributed by atoms with Gasteiger partial charge in [0.05, 0.1) is 22.5 Å². The number of imide groups is 2. The second kappa shape index (κ2) is 27.1. The average molecular weight is 1320 g/mol. The summed E-state index contributed by atoms with van der Waals surface area (Å²) in [6, 6.07) is 9.54. The van der Waals surface area contributed by atoms with Crippen LogP contribution in [0.3, 0.4) is 0 Å². The Bertz CT molecular complexity index is 3630. The van der Waals surface area contributed by atoms with Crippen LogP contribution < -0.4 is 31.9 Å². The summed E-state index contributed by atoms with van der Waals surface area (Å²) < 4.78 is 69.1. The molecule has 0 saturated carbocycles. The van der Waals surface area contributed by atoms with Crippen LogP contribution >= 0.6 is 18.9 Å². The van der Waals surface area contributed by atoms with E-state index in [1.54, 1.807) is 23.1 Å². The maximum absolute atomic E-state index is 14.9. The third kappa shape index (κ3) is 14.6. The Hall–Kier alpha value is -7.69. The zero-order chi connectivity index (χ0) is 66.3. The van der Waals surface area contributed by atoms with Gasteiger partial charge in [-0.15, -0.1) is 11.3 Å². The van der Waals surface area contributed by atoms with Crippen LogP contribution in [-0.4, -0.2) is 201 Å². The highest BCUT2D eigenvalue weighted by Crippen LogP contribution is 2.59. The molecular formula is C62H74F4N11O13PS. The minimum Gasteiger partial charge on any atom is -0.371 e. The van der Waals surface area contributed by atoms with Crippen molar-refractivity contribution < 1.29 is 79.9 Å². The van der Waals surface area contributed by atoms with E-state index in [1.165, 1.54) is 15.9 Å². The molecule has 5 fully saturated rings. The third-order valence-corrected chi connectivity index (χ3v) is 20.4. The highest BCUT2D eigenvalue weighted by atomic mass is 32.1. The lowest BCUT2D eigenvalue weighted by Crippen LogP contribution is -2.62. The number of piperazine rings is 1. The molecule has 1 unspecified atom stereocenters. The van der Waals surface area contributed by atoms with Crippen LogP contribution in [0.25, 0.3) is 10.1 Å². The largest absolute Gasteiger partial charge is 0.399 e. The number of carbonyl (C=O) groups is 10. The van der Waals surface area contributed by atoms with E-state index in [0.717, 1.165) is 64.1 Å². The van der Waals surface area contributed by atoms with Gasteiger partial charge in [0.15, 0.2) is 0 Å². The lowest BCUT2D eigenvalue weighted by molar-refractivity contribution is -0.144. The summed E-state index contributed by atoms with van der Waals surface area (Å²) in [7, 11) is -5.94. The number of amides is 10. The molecule has 10 rings (SSSR count). The van der Waals surface area contributed by atoms with Crippen LogP contribution in [0.2, 0.25) is 0 Å². The van der Waals surface area contributed by atoms with Crippen LogP contribution in [-0.2, 0) is 55.6 Å².